The molecule has 1 aliphatic carbocycles. The second kappa shape index (κ2) is 6.49. The zero-order chi connectivity index (χ0) is 16.4. The zero-order valence-electron chi connectivity index (χ0n) is 14.0. The second-order valence-corrected chi connectivity index (χ2v) is 6.83. The molecule has 0 spiro atoms. The van der Waals surface area contributed by atoms with Crippen molar-refractivity contribution in [2.75, 3.05) is 7.05 Å². The number of amides is 1. The van der Waals surface area contributed by atoms with Crippen LogP contribution in [0.4, 0.5) is 4.79 Å². The van der Waals surface area contributed by atoms with Gasteiger partial charge in [-0.1, -0.05) is 30.3 Å². The van der Waals surface area contributed by atoms with Gasteiger partial charge < -0.3 is 19.1 Å². The quantitative estimate of drug-likeness (QED) is 0.857. The summed E-state index contributed by atoms with van der Waals surface area (Å²) in [5.74, 6) is -0.517. The van der Waals surface area contributed by atoms with E-state index < -0.39 is 5.79 Å². The highest BCUT2D eigenvalue weighted by Crippen LogP contribution is 2.37. The summed E-state index contributed by atoms with van der Waals surface area (Å²) in [6.45, 7) is 4.19. The monoisotopic (exact) mass is 319 g/mol. The van der Waals surface area contributed by atoms with Gasteiger partial charge in [0.05, 0.1) is 12.2 Å². The minimum Gasteiger partial charge on any atom is -0.445 e. The molecule has 126 valence electrons. The number of hydrogen-bond donors (Lipinski definition) is 0. The molecule has 1 aliphatic heterocycles. The van der Waals surface area contributed by atoms with Gasteiger partial charge in [0.2, 0.25) is 0 Å². The van der Waals surface area contributed by atoms with Gasteiger partial charge in [-0.2, -0.15) is 0 Å². The van der Waals surface area contributed by atoms with Crippen LogP contribution >= 0.6 is 0 Å². The van der Waals surface area contributed by atoms with Crippen LogP contribution in [0.1, 0.15) is 38.7 Å². The largest absolute Gasteiger partial charge is 0.445 e. The van der Waals surface area contributed by atoms with E-state index in [2.05, 4.69) is 0 Å². The Balaban J connectivity index is 1.52. The van der Waals surface area contributed by atoms with Crippen molar-refractivity contribution in [2.24, 2.45) is 0 Å². The molecule has 0 aromatic heterocycles. The molecule has 5 nitrogen and oxygen atoms in total. The summed E-state index contributed by atoms with van der Waals surface area (Å²) < 4.78 is 17.2. The summed E-state index contributed by atoms with van der Waals surface area (Å²) in [7, 11) is 1.80. The lowest BCUT2D eigenvalue weighted by Crippen LogP contribution is -2.45. The molecule has 1 aromatic carbocycles. The van der Waals surface area contributed by atoms with Crippen molar-refractivity contribution in [3.8, 4) is 0 Å². The Morgan fingerprint density at radius 3 is 2.65 bits per heavy atom. The van der Waals surface area contributed by atoms with Gasteiger partial charge in [-0.3, -0.25) is 0 Å². The molecule has 1 aromatic rings. The molecule has 5 heteroatoms. The van der Waals surface area contributed by atoms with Crippen molar-refractivity contribution in [1.82, 2.24) is 4.90 Å². The summed E-state index contributed by atoms with van der Waals surface area (Å²) in [5, 5.41) is 0. The summed E-state index contributed by atoms with van der Waals surface area (Å²) >= 11 is 0. The molecule has 23 heavy (non-hydrogen) atoms. The normalized spacial score (nSPS) is 28.9. The standard InChI is InChI=1S/C18H25NO4/c1-18(2)22-15-10-9-14(11-16(15)23-18)19(3)17(20)21-12-13-7-5-4-6-8-13/h4-8,14-16H,9-12H2,1-3H3/t14-,15-,16-/m1/s1. The van der Waals surface area contributed by atoms with E-state index in [1.165, 1.54) is 0 Å². The lowest BCUT2D eigenvalue weighted by Gasteiger charge is -2.34. The van der Waals surface area contributed by atoms with E-state index in [0.29, 0.717) is 6.61 Å². The molecule has 1 amide bonds. The fourth-order valence-corrected chi connectivity index (χ4v) is 3.42. The summed E-state index contributed by atoms with van der Waals surface area (Å²) in [5.41, 5.74) is 0.993. The van der Waals surface area contributed by atoms with Gasteiger partial charge in [0, 0.05) is 13.1 Å². The van der Waals surface area contributed by atoms with Gasteiger partial charge >= 0.3 is 6.09 Å². The van der Waals surface area contributed by atoms with Crippen LogP contribution in [0.2, 0.25) is 0 Å². The minimum atomic E-state index is -0.517. The van der Waals surface area contributed by atoms with Crippen molar-refractivity contribution in [3.05, 3.63) is 35.9 Å². The number of carbonyl (C=O) groups excluding carboxylic acids is 1. The maximum atomic E-state index is 12.3. The van der Waals surface area contributed by atoms with Gasteiger partial charge in [0.15, 0.2) is 5.79 Å². The Hall–Kier alpha value is -1.59. The zero-order valence-corrected chi connectivity index (χ0v) is 14.0. The van der Waals surface area contributed by atoms with E-state index >= 15 is 0 Å². The molecular formula is C18H25NO4. The van der Waals surface area contributed by atoms with Crippen LogP contribution in [0, 0.1) is 0 Å². The van der Waals surface area contributed by atoms with Crippen LogP contribution in [0.3, 0.4) is 0 Å². The molecule has 2 aliphatic rings. The Kier molecular flexibility index (Phi) is 4.60. The Labute approximate surface area is 137 Å². The van der Waals surface area contributed by atoms with E-state index in [-0.39, 0.29) is 24.3 Å². The number of nitrogens with zero attached hydrogens (tertiary/aromatic N) is 1. The lowest BCUT2D eigenvalue weighted by atomic mass is 9.90. The highest BCUT2D eigenvalue weighted by molar-refractivity contribution is 5.67. The molecule has 3 rings (SSSR count). The highest BCUT2D eigenvalue weighted by atomic mass is 16.7. The molecule has 0 bridgehead atoms. The van der Waals surface area contributed by atoms with Crippen LogP contribution in [0.25, 0.3) is 0 Å². The van der Waals surface area contributed by atoms with E-state index in [0.717, 1.165) is 24.8 Å². The molecule has 3 atom stereocenters. The van der Waals surface area contributed by atoms with Gasteiger partial charge in [0.1, 0.15) is 6.61 Å². The summed E-state index contributed by atoms with van der Waals surface area (Å²) in [4.78, 5) is 14.0. The average Bonchev–Trinajstić information content (AvgIpc) is 2.85. The number of hydrogen-bond acceptors (Lipinski definition) is 4. The fraction of sp³-hybridized carbons (Fsp3) is 0.611. The van der Waals surface area contributed by atoms with E-state index in [1.807, 2.05) is 44.2 Å². The van der Waals surface area contributed by atoms with Crippen molar-refractivity contribution < 1.29 is 19.0 Å². The number of fused-ring (bicyclic) bond motifs is 1. The average molecular weight is 319 g/mol. The van der Waals surface area contributed by atoms with Gasteiger partial charge in [-0.15, -0.1) is 0 Å². The van der Waals surface area contributed by atoms with Crippen LogP contribution < -0.4 is 0 Å². The number of carbonyl (C=O) groups is 1. The molecule has 2 fully saturated rings. The smallest absolute Gasteiger partial charge is 0.410 e. The Bertz CT molecular complexity index is 545. The first kappa shape index (κ1) is 16.3. The summed E-state index contributed by atoms with van der Waals surface area (Å²) in [6, 6.07) is 9.85. The third-order valence-corrected chi connectivity index (χ3v) is 4.61. The van der Waals surface area contributed by atoms with E-state index in [1.54, 1.807) is 11.9 Å². The van der Waals surface area contributed by atoms with Crippen LogP contribution in [-0.4, -0.2) is 42.1 Å². The maximum absolute atomic E-state index is 12.3. The third-order valence-electron chi connectivity index (χ3n) is 4.61. The topological polar surface area (TPSA) is 48.0 Å². The van der Waals surface area contributed by atoms with Gasteiger partial charge in [0.25, 0.3) is 0 Å². The molecule has 1 saturated carbocycles. The highest BCUT2D eigenvalue weighted by Gasteiger charge is 2.45. The first-order valence-corrected chi connectivity index (χ1v) is 8.24. The minimum absolute atomic E-state index is 0.0631. The lowest BCUT2D eigenvalue weighted by molar-refractivity contribution is -0.145. The molecule has 1 heterocycles. The molecule has 1 saturated heterocycles. The number of rotatable bonds is 3. The predicted octanol–water partition coefficient (Wildman–Crippen LogP) is 3.33. The van der Waals surface area contributed by atoms with Crippen LogP contribution in [-0.2, 0) is 20.8 Å². The first-order chi connectivity index (χ1) is 10.9. The van der Waals surface area contributed by atoms with E-state index in [9.17, 15) is 4.79 Å². The molecular weight excluding hydrogens is 294 g/mol. The predicted molar refractivity (Wildman–Crippen MR) is 85.9 cm³/mol. The fourth-order valence-electron chi connectivity index (χ4n) is 3.42. The Morgan fingerprint density at radius 2 is 1.91 bits per heavy atom. The van der Waals surface area contributed by atoms with Crippen LogP contribution in [0.15, 0.2) is 30.3 Å². The second-order valence-electron chi connectivity index (χ2n) is 6.83. The van der Waals surface area contributed by atoms with Crippen molar-refractivity contribution in [3.63, 3.8) is 0 Å². The van der Waals surface area contributed by atoms with Gasteiger partial charge in [-0.25, -0.2) is 4.79 Å². The third kappa shape index (κ3) is 3.85. The SMILES string of the molecule is CN(C(=O)OCc1ccccc1)[C@@H]1CC[C@H]2OC(C)(C)O[C@@H]2C1. The van der Waals surface area contributed by atoms with Crippen molar-refractivity contribution >= 4 is 6.09 Å². The molecule has 0 unspecified atom stereocenters. The number of benzene rings is 1. The summed E-state index contributed by atoms with van der Waals surface area (Å²) in [6.07, 6.45) is 2.55. The van der Waals surface area contributed by atoms with Crippen molar-refractivity contribution in [2.45, 2.75) is 63.8 Å². The number of ether oxygens (including phenoxy) is 3. The molecule has 0 N–H and O–H groups in total. The van der Waals surface area contributed by atoms with E-state index in [4.69, 9.17) is 14.2 Å². The van der Waals surface area contributed by atoms with Crippen molar-refractivity contribution in [1.29, 1.82) is 0 Å². The van der Waals surface area contributed by atoms with Crippen LogP contribution in [0.5, 0.6) is 0 Å². The molecule has 0 radical (unpaired) electrons. The Morgan fingerprint density at radius 1 is 1.22 bits per heavy atom. The maximum Gasteiger partial charge on any atom is 0.410 e. The first-order valence-electron chi connectivity index (χ1n) is 8.24. The van der Waals surface area contributed by atoms with Gasteiger partial charge in [-0.05, 0) is 38.7 Å².